The first-order valence-electron chi connectivity index (χ1n) is 6.72. The van der Waals surface area contributed by atoms with Crippen LogP contribution < -0.4 is 10.7 Å². The van der Waals surface area contributed by atoms with Gasteiger partial charge in [-0.25, -0.2) is 14.6 Å². The molecule has 114 valence electrons. The predicted octanol–water partition coefficient (Wildman–Crippen LogP) is 1.37. The summed E-state index contributed by atoms with van der Waals surface area (Å²) in [6, 6.07) is 2.82. The Kier molecular flexibility index (Phi) is 4.77. The van der Waals surface area contributed by atoms with Gasteiger partial charge >= 0.3 is 12.0 Å². The number of aromatic carboxylic acids is 1. The average Bonchev–Trinajstić information content (AvgIpc) is 2.43. The van der Waals surface area contributed by atoms with E-state index in [1.165, 1.54) is 6.07 Å². The van der Waals surface area contributed by atoms with Gasteiger partial charge in [0, 0.05) is 18.8 Å². The SMILES string of the molecule is Cc1cc(NC(=O)NN2CCOCC2)cc(C(=O)O)c1C. The van der Waals surface area contributed by atoms with Gasteiger partial charge in [-0.15, -0.1) is 0 Å². The summed E-state index contributed by atoms with van der Waals surface area (Å²) < 4.78 is 5.19. The van der Waals surface area contributed by atoms with Gasteiger partial charge in [-0.2, -0.15) is 0 Å². The molecule has 1 aromatic carbocycles. The summed E-state index contributed by atoms with van der Waals surface area (Å²) in [6.07, 6.45) is 0. The number of amides is 2. The summed E-state index contributed by atoms with van der Waals surface area (Å²) >= 11 is 0. The Morgan fingerprint density at radius 2 is 1.90 bits per heavy atom. The first kappa shape index (κ1) is 15.3. The summed E-state index contributed by atoms with van der Waals surface area (Å²) in [5.74, 6) is -1.01. The number of carbonyl (C=O) groups is 2. The summed E-state index contributed by atoms with van der Waals surface area (Å²) in [5, 5.41) is 13.6. The van der Waals surface area contributed by atoms with E-state index in [1.54, 1.807) is 18.0 Å². The number of carboxylic acids is 1. The van der Waals surface area contributed by atoms with Gasteiger partial charge in [-0.3, -0.25) is 5.43 Å². The molecule has 2 rings (SSSR count). The third kappa shape index (κ3) is 3.93. The maximum Gasteiger partial charge on any atom is 0.336 e. The fraction of sp³-hybridized carbons (Fsp3) is 0.429. The lowest BCUT2D eigenvalue weighted by Gasteiger charge is -2.27. The third-order valence-electron chi connectivity index (χ3n) is 3.43. The molecule has 3 N–H and O–H groups in total. The van der Waals surface area contributed by atoms with Crippen molar-refractivity contribution in [2.24, 2.45) is 0 Å². The van der Waals surface area contributed by atoms with E-state index in [-0.39, 0.29) is 5.56 Å². The largest absolute Gasteiger partial charge is 0.478 e. The maximum absolute atomic E-state index is 11.9. The monoisotopic (exact) mass is 293 g/mol. The molecule has 0 spiro atoms. The molecule has 0 aromatic heterocycles. The molecular weight excluding hydrogens is 274 g/mol. The number of aryl methyl sites for hydroxylation is 1. The number of hydrogen-bond acceptors (Lipinski definition) is 4. The van der Waals surface area contributed by atoms with Crippen LogP contribution in [0, 0.1) is 13.8 Å². The number of hydrogen-bond donors (Lipinski definition) is 3. The number of urea groups is 1. The molecule has 1 aliphatic rings. The second kappa shape index (κ2) is 6.55. The van der Waals surface area contributed by atoms with Crippen LogP contribution in [0.3, 0.4) is 0 Å². The number of anilines is 1. The molecule has 0 unspecified atom stereocenters. The number of rotatable bonds is 3. The lowest BCUT2D eigenvalue weighted by atomic mass is 10.0. The van der Waals surface area contributed by atoms with Gasteiger partial charge in [0.1, 0.15) is 0 Å². The highest BCUT2D eigenvalue weighted by Gasteiger charge is 2.15. The number of nitrogens with one attached hydrogen (secondary N) is 2. The van der Waals surface area contributed by atoms with E-state index in [1.807, 2.05) is 6.92 Å². The summed E-state index contributed by atoms with van der Waals surface area (Å²) in [6.45, 7) is 5.96. The number of carbonyl (C=O) groups excluding carboxylic acids is 1. The minimum atomic E-state index is -1.01. The molecule has 0 radical (unpaired) electrons. The van der Waals surface area contributed by atoms with Crippen LogP contribution in [0.5, 0.6) is 0 Å². The van der Waals surface area contributed by atoms with Gasteiger partial charge in [0.05, 0.1) is 18.8 Å². The van der Waals surface area contributed by atoms with Crippen molar-refractivity contribution in [2.75, 3.05) is 31.6 Å². The molecule has 1 saturated heterocycles. The van der Waals surface area contributed by atoms with E-state index in [9.17, 15) is 9.59 Å². The number of morpholine rings is 1. The van der Waals surface area contributed by atoms with Crippen molar-refractivity contribution in [1.29, 1.82) is 0 Å². The van der Waals surface area contributed by atoms with E-state index < -0.39 is 12.0 Å². The molecule has 1 heterocycles. The molecule has 1 fully saturated rings. The Labute approximate surface area is 122 Å². The van der Waals surface area contributed by atoms with Crippen molar-refractivity contribution in [1.82, 2.24) is 10.4 Å². The third-order valence-corrected chi connectivity index (χ3v) is 3.43. The number of benzene rings is 1. The zero-order valence-electron chi connectivity index (χ0n) is 12.1. The van der Waals surface area contributed by atoms with Crippen LogP contribution in [0.1, 0.15) is 21.5 Å². The highest BCUT2D eigenvalue weighted by molar-refractivity contribution is 5.94. The molecule has 0 bridgehead atoms. The Morgan fingerprint density at radius 1 is 1.24 bits per heavy atom. The quantitative estimate of drug-likeness (QED) is 0.783. The second-order valence-corrected chi connectivity index (χ2v) is 4.94. The van der Waals surface area contributed by atoms with Gasteiger partial charge in [0.2, 0.25) is 0 Å². The molecule has 0 atom stereocenters. The van der Waals surface area contributed by atoms with Crippen LogP contribution in [-0.4, -0.2) is 48.4 Å². The minimum Gasteiger partial charge on any atom is -0.478 e. The number of ether oxygens (including phenoxy) is 1. The van der Waals surface area contributed by atoms with E-state index in [0.29, 0.717) is 37.6 Å². The van der Waals surface area contributed by atoms with Crippen molar-refractivity contribution in [3.63, 3.8) is 0 Å². The van der Waals surface area contributed by atoms with Gasteiger partial charge in [0.15, 0.2) is 0 Å². The Morgan fingerprint density at radius 3 is 2.52 bits per heavy atom. The van der Waals surface area contributed by atoms with Crippen molar-refractivity contribution < 1.29 is 19.4 Å². The molecule has 1 aromatic rings. The lowest BCUT2D eigenvalue weighted by Crippen LogP contribution is -2.49. The number of nitrogens with zero attached hydrogens (tertiary/aromatic N) is 1. The second-order valence-electron chi connectivity index (χ2n) is 4.94. The zero-order valence-corrected chi connectivity index (χ0v) is 12.1. The fourth-order valence-electron chi connectivity index (χ4n) is 2.13. The van der Waals surface area contributed by atoms with Gasteiger partial charge in [-0.05, 0) is 37.1 Å². The highest BCUT2D eigenvalue weighted by atomic mass is 16.5. The van der Waals surface area contributed by atoms with Gasteiger partial charge < -0.3 is 15.2 Å². The standard InChI is InChI=1S/C14H19N3O4/c1-9-7-11(8-12(10(9)2)13(18)19)15-14(20)16-17-3-5-21-6-4-17/h7-8H,3-6H2,1-2H3,(H,18,19)(H2,15,16,20). The Balaban J connectivity index is 2.05. The fourth-order valence-corrected chi connectivity index (χ4v) is 2.13. The van der Waals surface area contributed by atoms with Crippen LogP contribution in [0.2, 0.25) is 0 Å². The maximum atomic E-state index is 11.9. The van der Waals surface area contributed by atoms with Crippen molar-refractivity contribution in [3.05, 3.63) is 28.8 Å². The Hall–Kier alpha value is -2.12. The molecule has 2 amide bonds. The first-order valence-corrected chi connectivity index (χ1v) is 6.72. The average molecular weight is 293 g/mol. The predicted molar refractivity (Wildman–Crippen MR) is 77.4 cm³/mol. The van der Waals surface area contributed by atoms with E-state index >= 15 is 0 Å². The number of hydrazine groups is 1. The van der Waals surface area contributed by atoms with Crippen molar-refractivity contribution in [2.45, 2.75) is 13.8 Å². The first-order chi connectivity index (χ1) is 9.97. The minimum absolute atomic E-state index is 0.191. The number of carboxylic acid groups (broad SMARTS) is 1. The van der Waals surface area contributed by atoms with Crippen molar-refractivity contribution >= 4 is 17.7 Å². The molecule has 1 aliphatic heterocycles. The van der Waals surface area contributed by atoms with E-state index in [2.05, 4.69) is 10.7 Å². The van der Waals surface area contributed by atoms with E-state index in [0.717, 1.165) is 5.56 Å². The van der Waals surface area contributed by atoms with Crippen LogP contribution in [0.25, 0.3) is 0 Å². The summed E-state index contributed by atoms with van der Waals surface area (Å²) in [4.78, 5) is 23.1. The van der Waals surface area contributed by atoms with E-state index in [4.69, 9.17) is 9.84 Å². The van der Waals surface area contributed by atoms with Crippen molar-refractivity contribution in [3.8, 4) is 0 Å². The van der Waals surface area contributed by atoms with Gasteiger partial charge in [0.25, 0.3) is 0 Å². The Bertz CT molecular complexity index is 553. The summed E-state index contributed by atoms with van der Waals surface area (Å²) in [7, 11) is 0. The smallest absolute Gasteiger partial charge is 0.336 e. The zero-order chi connectivity index (χ0) is 15.4. The topological polar surface area (TPSA) is 90.9 Å². The van der Waals surface area contributed by atoms with Gasteiger partial charge in [-0.1, -0.05) is 0 Å². The molecule has 21 heavy (non-hydrogen) atoms. The highest BCUT2D eigenvalue weighted by Crippen LogP contribution is 2.20. The van der Waals surface area contributed by atoms with Crippen LogP contribution in [0.15, 0.2) is 12.1 Å². The van der Waals surface area contributed by atoms with Crippen LogP contribution in [0.4, 0.5) is 10.5 Å². The molecule has 7 nitrogen and oxygen atoms in total. The normalized spacial score (nSPS) is 15.5. The molecule has 0 aliphatic carbocycles. The lowest BCUT2D eigenvalue weighted by molar-refractivity contribution is 0.0207. The molecule has 0 saturated carbocycles. The molecule has 7 heteroatoms. The molecular formula is C14H19N3O4. The van der Waals surface area contributed by atoms with Crippen LogP contribution in [-0.2, 0) is 4.74 Å². The van der Waals surface area contributed by atoms with Crippen LogP contribution >= 0.6 is 0 Å². The summed E-state index contributed by atoms with van der Waals surface area (Å²) in [5.41, 5.74) is 4.87.